The van der Waals surface area contributed by atoms with Gasteiger partial charge in [0.2, 0.25) is 0 Å². The van der Waals surface area contributed by atoms with E-state index >= 15 is 0 Å². The highest BCUT2D eigenvalue weighted by molar-refractivity contribution is 5.98. The van der Waals surface area contributed by atoms with Crippen molar-refractivity contribution in [3.63, 3.8) is 0 Å². The summed E-state index contributed by atoms with van der Waals surface area (Å²) in [6.07, 6.45) is 1.88. The van der Waals surface area contributed by atoms with Gasteiger partial charge in [-0.15, -0.1) is 0 Å². The summed E-state index contributed by atoms with van der Waals surface area (Å²) in [4.78, 5) is 29.1. The molecule has 2 saturated carbocycles. The number of hydrogen-bond acceptors (Lipinski definition) is 6. The minimum Gasteiger partial charge on any atom is -0.467 e. The van der Waals surface area contributed by atoms with Gasteiger partial charge in [0.1, 0.15) is 11.3 Å². The third-order valence-electron chi connectivity index (χ3n) is 8.48. The number of esters is 1. The van der Waals surface area contributed by atoms with E-state index in [4.69, 9.17) is 4.74 Å². The Morgan fingerprint density at radius 2 is 2.15 bits per heavy atom. The van der Waals surface area contributed by atoms with Crippen molar-refractivity contribution in [2.45, 2.75) is 48.8 Å². The van der Waals surface area contributed by atoms with E-state index in [2.05, 4.69) is 16.3 Å². The highest BCUT2D eigenvalue weighted by Crippen LogP contribution is 2.72. The Morgan fingerprint density at radius 1 is 1.33 bits per heavy atom. The number of anilines is 1. The maximum absolute atomic E-state index is 13.4. The Balaban J connectivity index is 1.72. The van der Waals surface area contributed by atoms with Crippen molar-refractivity contribution in [2.24, 2.45) is 11.3 Å². The number of Topliss-reactive ketones (excluding diaryl/α,β-unsaturated/α-hetero) is 1. The lowest BCUT2D eigenvalue weighted by Crippen LogP contribution is -2.78. The average molecular weight is 368 g/mol. The lowest BCUT2D eigenvalue weighted by atomic mass is 9.41. The zero-order valence-corrected chi connectivity index (χ0v) is 15.4. The van der Waals surface area contributed by atoms with Gasteiger partial charge in [0, 0.05) is 42.6 Å². The molecule has 5 aliphatic rings. The van der Waals surface area contributed by atoms with Crippen molar-refractivity contribution in [2.75, 3.05) is 25.5 Å². The van der Waals surface area contributed by atoms with Gasteiger partial charge in [0.05, 0.1) is 18.6 Å². The lowest BCUT2D eigenvalue weighted by molar-refractivity contribution is -0.178. The fourth-order valence-electron chi connectivity index (χ4n) is 7.73. The van der Waals surface area contributed by atoms with Crippen LogP contribution in [0.4, 0.5) is 5.69 Å². The maximum atomic E-state index is 13.4. The zero-order chi connectivity index (χ0) is 18.6. The fraction of sp³-hybridized carbons (Fsp3) is 0.619. The van der Waals surface area contributed by atoms with E-state index in [1.165, 1.54) is 7.11 Å². The highest BCUT2D eigenvalue weighted by atomic mass is 16.5. The molecule has 1 aromatic rings. The third kappa shape index (κ3) is 1.45. The minimum atomic E-state index is -0.938. The summed E-state index contributed by atoms with van der Waals surface area (Å²) < 4.78 is 5.32. The van der Waals surface area contributed by atoms with Gasteiger partial charge in [-0.1, -0.05) is 18.2 Å². The number of para-hydroxylation sites is 1. The number of aliphatic hydroxyl groups is 1. The summed E-state index contributed by atoms with van der Waals surface area (Å²) in [6.45, 7) is 1.45. The van der Waals surface area contributed by atoms with Gasteiger partial charge < -0.3 is 15.2 Å². The number of benzene rings is 1. The molecule has 3 aliphatic heterocycles. The van der Waals surface area contributed by atoms with E-state index < -0.39 is 22.5 Å². The van der Waals surface area contributed by atoms with Crippen LogP contribution >= 0.6 is 0 Å². The predicted molar refractivity (Wildman–Crippen MR) is 97.3 cm³/mol. The van der Waals surface area contributed by atoms with Gasteiger partial charge in [0.25, 0.3) is 0 Å². The summed E-state index contributed by atoms with van der Waals surface area (Å²) in [5.41, 5.74) is -0.0731. The van der Waals surface area contributed by atoms with Crippen LogP contribution < -0.4 is 5.32 Å². The number of nitrogens with zero attached hydrogens (tertiary/aromatic N) is 1. The van der Waals surface area contributed by atoms with Crippen molar-refractivity contribution in [3.05, 3.63) is 29.8 Å². The molecule has 6 atom stereocenters. The monoisotopic (exact) mass is 368 g/mol. The van der Waals surface area contributed by atoms with Crippen LogP contribution in [0.1, 0.15) is 31.2 Å². The maximum Gasteiger partial charge on any atom is 0.332 e. The van der Waals surface area contributed by atoms with Crippen molar-refractivity contribution < 1.29 is 19.4 Å². The van der Waals surface area contributed by atoms with Crippen LogP contribution in [0.15, 0.2) is 24.3 Å². The summed E-state index contributed by atoms with van der Waals surface area (Å²) in [5, 5.41) is 14.6. The van der Waals surface area contributed by atoms with Gasteiger partial charge in [-0.3, -0.25) is 9.69 Å². The van der Waals surface area contributed by atoms with E-state index in [0.29, 0.717) is 32.2 Å². The summed E-state index contributed by atoms with van der Waals surface area (Å²) >= 11 is 0. The van der Waals surface area contributed by atoms with Crippen LogP contribution in [-0.2, 0) is 19.7 Å². The number of rotatable bonds is 1. The predicted octanol–water partition coefficient (Wildman–Crippen LogP) is 1.08. The van der Waals surface area contributed by atoms with Crippen LogP contribution in [0.25, 0.3) is 0 Å². The molecule has 0 radical (unpaired) electrons. The van der Waals surface area contributed by atoms with E-state index in [1.807, 2.05) is 18.2 Å². The number of fused-ring (bicyclic) bond motifs is 1. The quantitative estimate of drug-likeness (QED) is 0.723. The Labute approximate surface area is 157 Å². The van der Waals surface area contributed by atoms with Gasteiger partial charge in [0.15, 0.2) is 0 Å². The van der Waals surface area contributed by atoms with Gasteiger partial charge in [-0.05, 0) is 30.9 Å². The van der Waals surface area contributed by atoms with Crippen molar-refractivity contribution in [3.8, 4) is 0 Å². The zero-order valence-electron chi connectivity index (χ0n) is 15.4. The van der Waals surface area contributed by atoms with Gasteiger partial charge >= 0.3 is 5.97 Å². The molecule has 3 heterocycles. The number of aliphatic hydroxyl groups excluding tert-OH is 1. The molecule has 0 unspecified atom stereocenters. The fourth-order valence-corrected chi connectivity index (χ4v) is 7.73. The second kappa shape index (κ2) is 4.73. The van der Waals surface area contributed by atoms with Crippen LogP contribution in [0.3, 0.4) is 0 Å². The Hall–Kier alpha value is -1.92. The molecule has 4 fully saturated rings. The average Bonchev–Trinajstić information content (AvgIpc) is 3.16. The first-order chi connectivity index (χ1) is 13.0. The number of nitrogens with one attached hydrogen (secondary N) is 1. The molecule has 2 aliphatic carbocycles. The minimum absolute atomic E-state index is 0.0135. The van der Waals surface area contributed by atoms with Crippen LogP contribution in [0.5, 0.6) is 0 Å². The van der Waals surface area contributed by atoms with Crippen LogP contribution in [0.2, 0.25) is 0 Å². The van der Waals surface area contributed by atoms with E-state index in [1.54, 1.807) is 0 Å². The standard InChI is InChI=1S/C21H24N2O4/c1-27-18(26)20-8-7-19-10-15(24)13-11-23(9-6-16(19)25)17(19)21(13,20)12-4-2-3-5-14(12)22-20/h2-5,13,16-17,22,25H,6-11H2,1H3/t13-,16-,17+,19-,20-,21+/m1/s1. The first-order valence-corrected chi connectivity index (χ1v) is 9.92. The number of hydrogen-bond donors (Lipinski definition) is 2. The molecular weight excluding hydrogens is 344 g/mol. The SMILES string of the molecule is COC(=O)[C@]12CC[C@@]34CC(=O)[C@H]5CN(CC[C@H]3O)[C@@H]4[C@]51c1ccccc1N2. The topological polar surface area (TPSA) is 78.9 Å². The van der Waals surface area contributed by atoms with Crippen LogP contribution in [-0.4, -0.2) is 59.6 Å². The van der Waals surface area contributed by atoms with Gasteiger partial charge in [-0.2, -0.15) is 0 Å². The third-order valence-corrected chi connectivity index (χ3v) is 8.48. The number of carbonyl (C=O) groups is 2. The summed E-state index contributed by atoms with van der Waals surface area (Å²) in [5.74, 6) is -0.327. The second-order valence-corrected chi connectivity index (χ2v) is 9.07. The molecule has 6 heteroatoms. The smallest absolute Gasteiger partial charge is 0.332 e. The number of ketones is 1. The van der Waals surface area contributed by atoms with E-state index in [9.17, 15) is 14.7 Å². The number of ether oxygens (including phenoxy) is 1. The lowest BCUT2D eigenvalue weighted by Gasteiger charge is -2.65. The molecule has 142 valence electrons. The molecule has 6 nitrogen and oxygen atoms in total. The van der Waals surface area contributed by atoms with E-state index in [-0.39, 0.29) is 23.7 Å². The van der Waals surface area contributed by atoms with E-state index in [0.717, 1.165) is 17.8 Å². The first kappa shape index (κ1) is 16.1. The second-order valence-electron chi connectivity index (χ2n) is 9.07. The summed E-state index contributed by atoms with van der Waals surface area (Å²) in [6, 6.07) is 8.01. The first-order valence-electron chi connectivity index (χ1n) is 9.92. The van der Waals surface area contributed by atoms with Crippen molar-refractivity contribution in [1.29, 1.82) is 0 Å². The Kier molecular flexibility index (Phi) is 2.82. The Bertz CT molecular complexity index is 887. The molecule has 2 N–H and O–H groups in total. The molecule has 6 rings (SSSR count). The Morgan fingerprint density at radius 3 is 2.96 bits per heavy atom. The highest BCUT2D eigenvalue weighted by Gasteiger charge is 2.82. The number of methoxy groups -OCH3 is 1. The van der Waals surface area contributed by atoms with Crippen LogP contribution in [0, 0.1) is 11.3 Å². The van der Waals surface area contributed by atoms with Crippen molar-refractivity contribution >= 4 is 17.4 Å². The molecular formula is C21H24N2O4. The number of carbonyl (C=O) groups excluding carboxylic acids is 2. The molecule has 1 aromatic carbocycles. The molecule has 27 heavy (non-hydrogen) atoms. The molecule has 4 bridgehead atoms. The molecule has 0 amide bonds. The number of piperidine rings is 1. The van der Waals surface area contributed by atoms with Crippen molar-refractivity contribution in [1.82, 2.24) is 4.90 Å². The molecule has 2 saturated heterocycles. The molecule has 0 aromatic heterocycles. The summed E-state index contributed by atoms with van der Waals surface area (Å²) in [7, 11) is 1.43. The largest absolute Gasteiger partial charge is 0.467 e. The molecule has 1 spiro atoms. The normalized spacial score (nSPS) is 46.4. The van der Waals surface area contributed by atoms with Gasteiger partial charge in [-0.25, -0.2) is 4.79 Å².